The zero-order chi connectivity index (χ0) is 12.5. The van der Waals surface area contributed by atoms with Crippen molar-refractivity contribution in [2.75, 3.05) is 0 Å². The van der Waals surface area contributed by atoms with E-state index in [1.54, 1.807) is 0 Å². The molecule has 2 nitrogen and oxygen atoms in total. The first-order chi connectivity index (χ1) is 8.81. The van der Waals surface area contributed by atoms with Gasteiger partial charge in [0.25, 0.3) is 0 Å². The molecular weight excluding hydrogens is 220 g/mol. The summed E-state index contributed by atoms with van der Waals surface area (Å²) in [5.41, 5.74) is 3.24. The normalized spacial score (nSPS) is 45.3. The molecule has 3 rings (SSSR count). The van der Waals surface area contributed by atoms with Gasteiger partial charge in [0.15, 0.2) is 0 Å². The highest BCUT2D eigenvalue weighted by Crippen LogP contribution is 2.51. The highest BCUT2D eigenvalue weighted by atomic mass is 15.2. The van der Waals surface area contributed by atoms with E-state index >= 15 is 0 Å². The van der Waals surface area contributed by atoms with Crippen LogP contribution in [0, 0.1) is 29.6 Å². The Bertz CT molecular complexity index is 278. The molecule has 3 aliphatic carbocycles. The number of rotatable bonds is 4. The van der Waals surface area contributed by atoms with Crippen molar-refractivity contribution in [2.45, 2.75) is 70.8 Å². The molecule has 3 aliphatic rings. The Hall–Kier alpha value is -0.0800. The summed E-state index contributed by atoms with van der Waals surface area (Å²) in [7, 11) is 0. The molecule has 0 spiro atoms. The summed E-state index contributed by atoms with van der Waals surface area (Å²) in [6.45, 7) is 2.36. The van der Waals surface area contributed by atoms with Crippen LogP contribution in [0.25, 0.3) is 0 Å². The van der Waals surface area contributed by atoms with Gasteiger partial charge in [-0.2, -0.15) is 0 Å². The van der Waals surface area contributed by atoms with Crippen LogP contribution in [0.2, 0.25) is 0 Å². The molecule has 2 heteroatoms. The Kier molecular flexibility index (Phi) is 3.95. The number of nitrogens with one attached hydrogen (secondary N) is 1. The van der Waals surface area contributed by atoms with Gasteiger partial charge in [0.2, 0.25) is 0 Å². The van der Waals surface area contributed by atoms with E-state index in [0.717, 1.165) is 29.6 Å². The van der Waals surface area contributed by atoms with Crippen LogP contribution >= 0.6 is 0 Å². The summed E-state index contributed by atoms with van der Waals surface area (Å²) in [5.74, 6) is 10.7. The van der Waals surface area contributed by atoms with Crippen molar-refractivity contribution in [1.29, 1.82) is 0 Å². The van der Waals surface area contributed by atoms with Crippen molar-refractivity contribution >= 4 is 0 Å². The van der Waals surface area contributed by atoms with Gasteiger partial charge in [-0.1, -0.05) is 32.6 Å². The smallest absolute Gasteiger partial charge is 0.0269 e. The van der Waals surface area contributed by atoms with Gasteiger partial charge in [-0.05, 0) is 61.7 Å². The fraction of sp³-hybridized carbons (Fsp3) is 1.00. The van der Waals surface area contributed by atoms with Crippen LogP contribution in [0.4, 0.5) is 0 Å². The lowest BCUT2D eigenvalue weighted by molar-refractivity contribution is 0.136. The Morgan fingerprint density at radius 1 is 1.11 bits per heavy atom. The molecule has 0 saturated heterocycles. The summed E-state index contributed by atoms with van der Waals surface area (Å²) in [5, 5.41) is 0. The van der Waals surface area contributed by atoms with Crippen molar-refractivity contribution in [1.82, 2.24) is 5.43 Å². The second-order valence-electron chi connectivity index (χ2n) is 7.23. The van der Waals surface area contributed by atoms with E-state index in [1.807, 2.05) is 0 Å². The second-order valence-corrected chi connectivity index (χ2v) is 7.23. The molecule has 0 aromatic carbocycles. The fourth-order valence-electron chi connectivity index (χ4n) is 5.37. The Morgan fingerprint density at radius 3 is 2.61 bits per heavy atom. The molecule has 6 unspecified atom stereocenters. The van der Waals surface area contributed by atoms with E-state index in [2.05, 4.69) is 12.3 Å². The second kappa shape index (κ2) is 5.50. The highest BCUT2D eigenvalue weighted by Gasteiger charge is 2.45. The van der Waals surface area contributed by atoms with E-state index in [-0.39, 0.29) is 0 Å². The molecule has 0 aromatic heterocycles. The fourth-order valence-corrected chi connectivity index (χ4v) is 5.37. The quantitative estimate of drug-likeness (QED) is 0.592. The van der Waals surface area contributed by atoms with Gasteiger partial charge < -0.3 is 0 Å². The zero-order valence-electron chi connectivity index (χ0n) is 11.9. The van der Waals surface area contributed by atoms with Crippen LogP contribution in [-0.4, -0.2) is 6.04 Å². The van der Waals surface area contributed by atoms with Gasteiger partial charge >= 0.3 is 0 Å². The number of hydrazine groups is 1. The number of nitrogens with two attached hydrogens (primary N) is 1. The van der Waals surface area contributed by atoms with Gasteiger partial charge in [0.1, 0.15) is 0 Å². The SMILES string of the molecule is CCC1CCCC(C(NN)C2CC3CCC2C3)C1. The van der Waals surface area contributed by atoms with Crippen LogP contribution in [0.5, 0.6) is 0 Å². The van der Waals surface area contributed by atoms with E-state index < -0.39 is 0 Å². The van der Waals surface area contributed by atoms with E-state index in [1.165, 1.54) is 57.8 Å². The third kappa shape index (κ3) is 2.34. The van der Waals surface area contributed by atoms with Crippen LogP contribution in [-0.2, 0) is 0 Å². The predicted molar refractivity (Wildman–Crippen MR) is 75.8 cm³/mol. The number of hydrogen-bond acceptors (Lipinski definition) is 2. The molecule has 2 bridgehead atoms. The molecular formula is C16H30N2. The standard InChI is InChI=1S/C16H30N2/c1-2-11-4-3-5-14(8-11)16(18-17)15-10-12-6-7-13(15)9-12/h11-16,18H,2-10,17H2,1H3. The largest absolute Gasteiger partial charge is 0.271 e. The summed E-state index contributed by atoms with van der Waals surface area (Å²) < 4.78 is 0. The summed E-state index contributed by atoms with van der Waals surface area (Å²) in [6.07, 6.45) is 13.1. The molecule has 6 atom stereocenters. The number of fused-ring (bicyclic) bond motifs is 2. The molecule has 3 saturated carbocycles. The molecule has 0 radical (unpaired) electrons. The van der Waals surface area contributed by atoms with Gasteiger partial charge in [-0.3, -0.25) is 11.3 Å². The average molecular weight is 250 g/mol. The van der Waals surface area contributed by atoms with E-state index in [0.29, 0.717) is 6.04 Å². The Balaban J connectivity index is 1.64. The minimum Gasteiger partial charge on any atom is -0.271 e. The summed E-state index contributed by atoms with van der Waals surface area (Å²) >= 11 is 0. The topological polar surface area (TPSA) is 38.0 Å². The first kappa shape index (κ1) is 12.9. The summed E-state index contributed by atoms with van der Waals surface area (Å²) in [4.78, 5) is 0. The molecule has 0 amide bonds. The zero-order valence-corrected chi connectivity index (χ0v) is 11.9. The molecule has 0 heterocycles. The predicted octanol–water partition coefficient (Wildman–Crippen LogP) is 3.47. The third-order valence-corrected chi connectivity index (χ3v) is 6.36. The van der Waals surface area contributed by atoms with Crippen molar-refractivity contribution in [3.05, 3.63) is 0 Å². The molecule has 0 aromatic rings. The van der Waals surface area contributed by atoms with Gasteiger partial charge in [0.05, 0.1) is 0 Å². The molecule has 0 aliphatic heterocycles. The lowest BCUT2D eigenvalue weighted by Gasteiger charge is -2.39. The monoisotopic (exact) mass is 250 g/mol. The minimum absolute atomic E-state index is 0.620. The lowest BCUT2D eigenvalue weighted by Crippen LogP contribution is -2.48. The van der Waals surface area contributed by atoms with E-state index in [9.17, 15) is 0 Å². The molecule has 3 N–H and O–H groups in total. The van der Waals surface area contributed by atoms with Crippen LogP contribution < -0.4 is 11.3 Å². The molecule has 104 valence electrons. The van der Waals surface area contributed by atoms with Crippen LogP contribution in [0.3, 0.4) is 0 Å². The number of hydrogen-bond donors (Lipinski definition) is 2. The third-order valence-electron chi connectivity index (χ3n) is 6.36. The first-order valence-corrected chi connectivity index (χ1v) is 8.28. The maximum Gasteiger partial charge on any atom is 0.0269 e. The molecule has 18 heavy (non-hydrogen) atoms. The maximum atomic E-state index is 5.95. The van der Waals surface area contributed by atoms with Crippen molar-refractivity contribution in [2.24, 2.45) is 35.4 Å². The average Bonchev–Trinajstić information content (AvgIpc) is 3.02. The van der Waals surface area contributed by atoms with Gasteiger partial charge in [-0.15, -0.1) is 0 Å². The lowest BCUT2D eigenvalue weighted by atomic mass is 9.70. The van der Waals surface area contributed by atoms with Crippen LogP contribution in [0.15, 0.2) is 0 Å². The van der Waals surface area contributed by atoms with Gasteiger partial charge in [0, 0.05) is 6.04 Å². The Morgan fingerprint density at radius 2 is 2.00 bits per heavy atom. The van der Waals surface area contributed by atoms with Crippen molar-refractivity contribution in [3.8, 4) is 0 Å². The minimum atomic E-state index is 0.620. The Labute approximate surface area is 112 Å². The van der Waals surface area contributed by atoms with E-state index in [4.69, 9.17) is 5.84 Å². The summed E-state index contributed by atoms with van der Waals surface area (Å²) in [6, 6.07) is 0.620. The van der Waals surface area contributed by atoms with Crippen molar-refractivity contribution in [3.63, 3.8) is 0 Å². The highest BCUT2D eigenvalue weighted by molar-refractivity contribution is 4.97. The first-order valence-electron chi connectivity index (χ1n) is 8.28. The maximum absolute atomic E-state index is 5.95. The molecule has 3 fully saturated rings. The van der Waals surface area contributed by atoms with Crippen LogP contribution in [0.1, 0.15) is 64.7 Å². The van der Waals surface area contributed by atoms with Crippen molar-refractivity contribution < 1.29 is 0 Å². The van der Waals surface area contributed by atoms with Gasteiger partial charge in [-0.25, -0.2) is 0 Å².